The van der Waals surface area contributed by atoms with E-state index in [1.807, 2.05) is 24.3 Å². The molecule has 14 heavy (non-hydrogen) atoms. The molecule has 0 fully saturated rings. The van der Waals surface area contributed by atoms with E-state index in [0.717, 1.165) is 10.8 Å². The number of hydrogen-bond acceptors (Lipinski definition) is 3. The third kappa shape index (κ3) is 1.44. The molecule has 1 N–H and O–H groups in total. The Morgan fingerprint density at radius 1 is 1.29 bits per heavy atom. The molecule has 0 radical (unpaired) electrons. The van der Waals surface area contributed by atoms with Gasteiger partial charge in [-0.15, -0.1) is 0 Å². The highest BCUT2D eigenvalue weighted by Crippen LogP contribution is 2.16. The number of fused-ring (bicyclic) bond motifs is 1. The molecule has 3 nitrogen and oxygen atoms in total. The van der Waals surface area contributed by atoms with Gasteiger partial charge in [0.1, 0.15) is 0 Å². The van der Waals surface area contributed by atoms with Crippen LogP contribution in [-0.2, 0) is 0 Å². The standard InChI is InChI=1S/C10H8N2OS/c13-10(12-14)9-6-11-5-7-3-1-2-4-8(7)9/h1-6,14H,(H,12,13). The zero-order valence-corrected chi connectivity index (χ0v) is 8.16. The van der Waals surface area contributed by atoms with Crippen molar-refractivity contribution in [2.45, 2.75) is 0 Å². The van der Waals surface area contributed by atoms with Gasteiger partial charge in [0.2, 0.25) is 0 Å². The van der Waals surface area contributed by atoms with Gasteiger partial charge in [0.25, 0.3) is 5.91 Å². The van der Waals surface area contributed by atoms with E-state index in [4.69, 9.17) is 0 Å². The lowest BCUT2D eigenvalue weighted by Gasteiger charge is -2.02. The molecule has 0 spiro atoms. The number of hydrogen-bond donors (Lipinski definition) is 2. The van der Waals surface area contributed by atoms with Gasteiger partial charge in [-0.3, -0.25) is 14.5 Å². The number of aromatic nitrogens is 1. The highest BCUT2D eigenvalue weighted by molar-refractivity contribution is 7.78. The monoisotopic (exact) mass is 204 g/mol. The first-order chi connectivity index (χ1) is 6.83. The lowest BCUT2D eigenvalue weighted by Crippen LogP contribution is -2.13. The summed E-state index contributed by atoms with van der Waals surface area (Å²) in [6.45, 7) is 0. The van der Waals surface area contributed by atoms with Crippen molar-refractivity contribution in [1.82, 2.24) is 9.71 Å². The zero-order valence-electron chi connectivity index (χ0n) is 7.27. The topological polar surface area (TPSA) is 42.0 Å². The van der Waals surface area contributed by atoms with E-state index in [9.17, 15) is 4.79 Å². The Hall–Kier alpha value is -1.55. The molecular formula is C10H8N2OS. The van der Waals surface area contributed by atoms with Crippen molar-refractivity contribution in [1.29, 1.82) is 0 Å². The van der Waals surface area contributed by atoms with Gasteiger partial charge in [0, 0.05) is 17.8 Å². The fraction of sp³-hybridized carbons (Fsp3) is 0. The lowest BCUT2D eigenvalue weighted by atomic mass is 10.1. The molecule has 2 aromatic rings. The Morgan fingerprint density at radius 2 is 2.07 bits per heavy atom. The number of benzene rings is 1. The molecule has 0 unspecified atom stereocenters. The van der Waals surface area contributed by atoms with Crippen molar-refractivity contribution in [3.8, 4) is 0 Å². The number of rotatable bonds is 1. The maximum atomic E-state index is 11.4. The zero-order chi connectivity index (χ0) is 9.97. The van der Waals surface area contributed by atoms with Crippen molar-refractivity contribution >= 4 is 29.5 Å². The summed E-state index contributed by atoms with van der Waals surface area (Å²) >= 11 is 3.73. The number of amides is 1. The Morgan fingerprint density at radius 3 is 2.86 bits per heavy atom. The fourth-order valence-electron chi connectivity index (χ4n) is 1.36. The first kappa shape index (κ1) is 9.02. The Kier molecular flexibility index (Phi) is 2.37. The normalized spacial score (nSPS) is 10.1. The molecular weight excluding hydrogens is 196 g/mol. The third-order valence-corrected chi connectivity index (χ3v) is 2.22. The minimum absolute atomic E-state index is 0.238. The van der Waals surface area contributed by atoms with Gasteiger partial charge in [-0.05, 0) is 5.39 Å². The predicted molar refractivity (Wildman–Crippen MR) is 58.2 cm³/mol. The molecule has 0 aliphatic rings. The minimum atomic E-state index is -0.238. The van der Waals surface area contributed by atoms with Crippen LogP contribution in [0.1, 0.15) is 10.4 Å². The van der Waals surface area contributed by atoms with E-state index in [-0.39, 0.29) is 5.91 Å². The van der Waals surface area contributed by atoms with E-state index in [1.54, 1.807) is 6.20 Å². The second-order valence-corrected chi connectivity index (χ2v) is 3.07. The smallest absolute Gasteiger partial charge is 0.263 e. The Balaban J connectivity index is 2.71. The van der Waals surface area contributed by atoms with Gasteiger partial charge in [-0.1, -0.05) is 37.1 Å². The van der Waals surface area contributed by atoms with E-state index in [0.29, 0.717) is 5.56 Å². The van der Waals surface area contributed by atoms with Gasteiger partial charge in [-0.2, -0.15) is 0 Å². The molecule has 0 atom stereocenters. The highest BCUT2D eigenvalue weighted by atomic mass is 32.1. The van der Waals surface area contributed by atoms with Crippen LogP contribution < -0.4 is 4.72 Å². The molecule has 0 bridgehead atoms. The third-order valence-electron chi connectivity index (χ3n) is 2.01. The van der Waals surface area contributed by atoms with Gasteiger partial charge >= 0.3 is 0 Å². The summed E-state index contributed by atoms with van der Waals surface area (Å²) in [4.78, 5) is 15.4. The van der Waals surface area contributed by atoms with Gasteiger partial charge in [0.05, 0.1) is 5.56 Å². The molecule has 1 amide bonds. The second kappa shape index (κ2) is 3.67. The van der Waals surface area contributed by atoms with Crippen molar-refractivity contribution in [2.75, 3.05) is 0 Å². The Labute approximate surface area is 86.7 Å². The molecule has 0 aliphatic carbocycles. The number of carbonyl (C=O) groups is 1. The SMILES string of the molecule is O=C(NS)c1cncc2ccccc12. The van der Waals surface area contributed by atoms with Crippen LogP contribution in [0, 0.1) is 0 Å². The summed E-state index contributed by atoms with van der Waals surface area (Å²) in [5, 5.41) is 1.83. The number of pyridine rings is 1. The average Bonchev–Trinajstić information content (AvgIpc) is 2.27. The van der Waals surface area contributed by atoms with E-state index < -0.39 is 0 Å². The molecule has 0 saturated heterocycles. The molecule has 0 aliphatic heterocycles. The number of carbonyl (C=O) groups excluding carboxylic acids is 1. The predicted octanol–water partition coefficient (Wildman–Crippen LogP) is 1.81. The molecule has 2 rings (SSSR count). The molecule has 1 aromatic carbocycles. The van der Waals surface area contributed by atoms with Crippen LogP contribution in [0.25, 0.3) is 10.8 Å². The van der Waals surface area contributed by atoms with Crippen molar-refractivity contribution in [2.24, 2.45) is 0 Å². The summed E-state index contributed by atoms with van der Waals surface area (Å²) in [5.74, 6) is -0.238. The summed E-state index contributed by atoms with van der Waals surface area (Å²) in [7, 11) is 0. The minimum Gasteiger partial charge on any atom is -0.299 e. The highest BCUT2D eigenvalue weighted by Gasteiger charge is 2.07. The van der Waals surface area contributed by atoms with Crippen molar-refractivity contribution < 1.29 is 4.79 Å². The van der Waals surface area contributed by atoms with Gasteiger partial charge < -0.3 is 0 Å². The summed E-state index contributed by atoms with van der Waals surface area (Å²) in [6, 6.07) is 7.59. The van der Waals surface area contributed by atoms with Crippen molar-refractivity contribution in [3.63, 3.8) is 0 Å². The van der Waals surface area contributed by atoms with Crippen LogP contribution in [0.2, 0.25) is 0 Å². The van der Waals surface area contributed by atoms with Crippen LogP contribution >= 0.6 is 12.8 Å². The molecule has 4 heteroatoms. The van der Waals surface area contributed by atoms with Crippen LogP contribution in [-0.4, -0.2) is 10.9 Å². The maximum absolute atomic E-state index is 11.4. The van der Waals surface area contributed by atoms with Crippen LogP contribution in [0.15, 0.2) is 36.7 Å². The largest absolute Gasteiger partial charge is 0.299 e. The molecule has 1 aromatic heterocycles. The van der Waals surface area contributed by atoms with Gasteiger partial charge in [-0.25, -0.2) is 0 Å². The van der Waals surface area contributed by atoms with Crippen LogP contribution in [0.5, 0.6) is 0 Å². The fourth-order valence-corrected chi connectivity index (χ4v) is 1.48. The lowest BCUT2D eigenvalue weighted by molar-refractivity contribution is 0.0986. The second-order valence-electron chi connectivity index (χ2n) is 2.85. The van der Waals surface area contributed by atoms with Crippen LogP contribution in [0.3, 0.4) is 0 Å². The first-order valence-corrected chi connectivity index (χ1v) is 4.55. The molecule has 70 valence electrons. The average molecular weight is 204 g/mol. The first-order valence-electron chi connectivity index (χ1n) is 4.10. The number of thiol groups is 1. The van der Waals surface area contributed by atoms with E-state index >= 15 is 0 Å². The van der Waals surface area contributed by atoms with E-state index in [2.05, 4.69) is 22.5 Å². The molecule has 0 saturated carbocycles. The van der Waals surface area contributed by atoms with Crippen LogP contribution in [0.4, 0.5) is 0 Å². The maximum Gasteiger partial charge on any atom is 0.263 e. The molecule has 1 heterocycles. The quantitative estimate of drug-likeness (QED) is 0.696. The summed E-state index contributed by atoms with van der Waals surface area (Å²) in [5.41, 5.74) is 0.540. The Bertz CT molecular complexity index is 479. The summed E-state index contributed by atoms with van der Waals surface area (Å²) in [6.07, 6.45) is 3.26. The number of nitrogens with one attached hydrogen (secondary N) is 1. The van der Waals surface area contributed by atoms with Crippen molar-refractivity contribution in [3.05, 3.63) is 42.2 Å². The summed E-state index contributed by atoms with van der Waals surface area (Å²) < 4.78 is 2.29. The van der Waals surface area contributed by atoms with E-state index in [1.165, 1.54) is 6.20 Å². The number of nitrogens with zero attached hydrogens (tertiary/aromatic N) is 1. The van der Waals surface area contributed by atoms with Gasteiger partial charge in [0.15, 0.2) is 0 Å².